The van der Waals surface area contributed by atoms with E-state index in [1.54, 1.807) is 37.4 Å². The van der Waals surface area contributed by atoms with Crippen LogP contribution in [0.3, 0.4) is 0 Å². The van der Waals surface area contributed by atoms with Gasteiger partial charge in [0.25, 0.3) is 10.0 Å². The lowest BCUT2D eigenvalue weighted by Crippen LogP contribution is -2.55. The third kappa shape index (κ3) is 8.93. The lowest BCUT2D eigenvalue weighted by Gasteiger charge is -2.35. The Morgan fingerprint density at radius 1 is 0.851 bits per heavy atom. The number of anilines is 1. The topological polar surface area (TPSA) is 96.0 Å². The van der Waals surface area contributed by atoms with Gasteiger partial charge < -0.3 is 15.0 Å². The number of amides is 2. The van der Waals surface area contributed by atoms with Gasteiger partial charge >= 0.3 is 0 Å². The molecule has 1 saturated carbocycles. The molecular formula is C37H40ClN3O5S. The van der Waals surface area contributed by atoms with Crippen LogP contribution in [0, 0.1) is 0 Å². The second kappa shape index (κ2) is 16.0. The molecule has 0 aromatic heterocycles. The first-order chi connectivity index (χ1) is 22.7. The average Bonchev–Trinajstić information content (AvgIpc) is 3.10. The minimum atomic E-state index is -4.20. The molecule has 1 aliphatic carbocycles. The molecule has 0 heterocycles. The molecule has 0 spiro atoms. The van der Waals surface area contributed by atoms with Gasteiger partial charge in [-0.2, -0.15) is 0 Å². The molecule has 1 atom stereocenters. The molecule has 5 rings (SSSR count). The summed E-state index contributed by atoms with van der Waals surface area (Å²) in [5.74, 6) is -0.171. The summed E-state index contributed by atoms with van der Waals surface area (Å²) >= 11 is 6.07. The first-order valence-corrected chi connectivity index (χ1v) is 17.7. The summed E-state index contributed by atoms with van der Waals surface area (Å²) in [7, 11) is -2.64. The fourth-order valence-corrected chi connectivity index (χ4v) is 7.46. The van der Waals surface area contributed by atoms with Crippen molar-refractivity contribution < 1.29 is 22.7 Å². The van der Waals surface area contributed by atoms with Crippen molar-refractivity contribution in [2.45, 2.75) is 62.0 Å². The molecule has 0 bridgehead atoms. The van der Waals surface area contributed by atoms with Crippen molar-refractivity contribution in [3.8, 4) is 5.75 Å². The number of benzene rings is 4. The van der Waals surface area contributed by atoms with Crippen LogP contribution in [0.2, 0.25) is 5.02 Å². The second-order valence-electron chi connectivity index (χ2n) is 11.7. The minimum Gasteiger partial charge on any atom is -0.497 e. The zero-order valence-electron chi connectivity index (χ0n) is 26.4. The van der Waals surface area contributed by atoms with Gasteiger partial charge in [-0.3, -0.25) is 13.9 Å². The van der Waals surface area contributed by atoms with Crippen LogP contribution in [0.4, 0.5) is 5.69 Å². The van der Waals surface area contributed by atoms with Crippen molar-refractivity contribution in [1.82, 2.24) is 10.2 Å². The lowest BCUT2D eigenvalue weighted by molar-refractivity contribution is -0.140. The van der Waals surface area contributed by atoms with E-state index in [9.17, 15) is 18.0 Å². The van der Waals surface area contributed by atoms with Crippen LogP contribution in [0.15, 0.2) is 114 Å². The zero-order valence-corrected chi connectivity index (χ0v) is 28.0. The van der Waals surface area contributed by atoms with E-state index in [1.807, 2.05) is 54.6 Å². The molecule has 0 saturated heterocycles. The molecule has 0 radical (unpaired) electrons. The standard InChI is InChI=1S/C37H40ClN3O5S/c1-46-33-19-11-14-29(24-33)26-40(35(25-28-12-5-2-6-13-28)37(43)39-31-15-7-3-8-16-31)36(42)27-41(32-17-9-4-10-18-32)47(44,45)34-22-20-30(38)21-23-34/h2,4-6,9-14,17-24,31,35H,3,7-8,15-16,25-27H2,1H3,(H,39,43)/t35-/m1/s1. The summed E-state index contributed by atoms with van der Waals surface area (Å²) in [6.07, 6.45) is 5.23. The van der Waals surface area contributed by atoms with Gasteiger partial charge in [-0.05, 0) is 72.5 Å². The largest absolute Gasteiger partial charge is 0.497 e. The summed E-state index contributed by atoms with van der Waals surface area (Å²) in [4.78, 5) is 30.3. The third-order valence-electron chi connectivity index (χ3n) is 8.43. The fourth-order valence-electron chi connectivity index (χ4n) is 5.92. The molecule has 4 aromatic carbocycles. The number of ether oxygens (including phenoxy) is 1. The molecule has 1 N–H and O–H groups in total. The number of hydrogen-bond donors (Lipinski definition) is 1. The van der Waals surface area contributed by atoms with Crippen molar-refractivity contribution in [2.24, 2.45) is 0 Å². The number of carbonyl (C=O) groups is 2. The number of hydrogen-bond acceptors (Lipinski definition) is 5. The smallest absolute Gasteiger partial charge is 0.264 e. The number of para-hydroxylation sites is 1. The minimum absolute atomic E-state index is 0.00576. The highest BCUT2D eigenvalue weighted by Crippen LogP contribution is 2.27. The fraction of sp³-hybridized carbons (Fsp3) is 0.297. The predicted molar refractivity (Wildman–Crippen MR) is 185 cm³/mol. The van der Waals surface area contributed by atoms with Gasteiger partial charge in [0.2, 0.25) is 11.8 Å². The van der Waals surface area contributed by atoms with E-state index >= 15 is 0 Å². The molecule has 4 aromatic rings. The van der Waals surface area contributed by atoms with Gasteiger partial charge in [-0.25, -0.2) is 8.42 Å². The van der Waals surface area contributed by atoms with Crippen LogP contribution in [0.1, 0.15) is 43.2 Å². The van der Waals surface area contributed by atoms with E-state index in [2.05, 4.69) is 5.32 Å². The molecule has 0 unspecified atom stereocenters. The van der Waals surface area contributed by atoms with E-state index < -0.39 is 28.5 Å². The van der Waals surface area contributed by atoms with Crippen LogP contribution in [-0.4, -0.2) is 50.9 Å². The van der Waals surface area contributed by atoms with Gasteiger partial charge in [-0.1, -0.05) is 91.5 Å². The summed E-state index contributed by atoms with van der Waals surface area (Å²) in [5, 5.41) is 3.62. The third-order valence-corrected chi connectivity index (χ3v) is 10.5. The molecule has 1 aliphatic rings. The van der Waals surface area contributed by atoms with E-state index in [0.717, 1.165) is 47.5 Å². The Balaban J connectivity index is 1.56. The van der Waals surface area contributed by atoms with E-state index in [-0.39, 0.29) is 29.8 Å². The molecule has 2 amide bonds. The van der Waals surface area contributed by atoms with Gasteiger partial charge in [0, 0.05) is 24.0 Å². The Labute approximate surface area is 282 Å². The SMILES string of the molecule is COc1cccc(CN(C(=O)CN(c2ccccc2)S(=O)(=O)c2ccc(Cl)cc2)[C@H](Cc2ccccc2)C(=O)NC2CCCCC2)c1. The highest BCUT2D eigenvalue weighted by Gasteiger charge is 2.35. The van der Waals surface area contributed by atoms with Crippen molar-refractivity contribution in [1.29, 1.82) is 0 Å². The number of nitrogens with one attached hydrogen (secondary N) is 1. The highest BCUT2D eigenvalue weighted by molar-refractivity contribution is 7.92. The molecule has 10 heteroatoms. The van der Waals surface area contributed by atoms with Crippen LogP contribution >= 0.6 is 11.6 Å². The zero-order chi connectivity index (χ0) is 33.2. The molecular weight excluding hydrogens is 634 g/mol. The van der Waals surface area contributed by atoms with E-state index in [0.29, 0.717) is 16.5 Å². The Morgan fingerprint density at radius 2 is 1.49 bits per heavy atom. The van der Waals surface area contributed by atoms with Crippen molar-refractivity contribution >= 4 is 39.1 Å². The maximum atomic E-state index is 14.6. The number of rotatable bonds is 13. The molecule has 246 valence electrons. The summed E-state index contributed by atoms with van der Waals surface area (Å²) in [5.41, 5.74) is 1.95. The van der Waals surface area contributed by atoms with Crippen LogP contribution < -0.4 is 14.4 Å². The number of methoxy groups -OCH3 is 1. The predicted octanol–water partition coefficient (Wildman–Crippen LogP) is 6.63. The second-order valence-corrected chi connectivity index (χ2v) is 14.0. The summed E-state index contributed by atoms with van der Waals surface area (Å²) < 4.78 is 34.8. The molecule has 47 heavy (non-hydrogen) atoms. The summed E-state index contributed by atoms with van der Waals surface area (Å²) in [6, 6.07) is 30.3. The van der Waals surface area contributed by atoms with Gasteiger partial charge in [0.05, 0.1) is 17.7 Å². The average molecular weight is 674 g/mol. The van der Waals surface area contributed by atoms with Gasteiger partial charge in [0.15, 0.2) is 0 Å². The monoisotopic (exact) mass is 673 g/mol. The van der Waals surface area contributed by atoms with Crippen LogP contribution in [0.25, 0.3) is 0 Å². The number of carbonyl (C=O) groups excluding carboxylic acids is 2. The maximum absolute atomic E-state index is 14.6. The van der Waals surface area contributed by atoms with Gasteiger partial charge in [-0.15, -0.1) is 0 Å². The lowest BCUT2D eigenvalue weighted by atomic mass is 9.94. The molecule has 8 nitrogen and oxygen atoms in total. The van der Waals surface area contributed by atoms with E-state index in [4.69, 9.17) is 16.3 Å². The highest BCUT2D eigenvalue weighted by atomic mass is 35.5. The van der Waals surface area contributed by atoms with Crippen LogP contribution in [-0.2, 0) is 32.6 Å². The maximum Gasteiger partial charge on any atom is 0.264 e. The van der Waals surface area contributed by atoms with Crippen molar-refractivity contribution in [2.75, 3.05) is 18.0 Å². The first kappa shape index (κ1) is 34.0. The first-order valence-electron chi connectivity index (χ1n) is 15.8. The Morgan fingerprint density at radius 3 is 2.15 bits per heavy atom. The Hall–Kier alpha value is -4.34. The number of nitrogens with zero attached hydrogens (tertiary/aromatic N) is 2. The van der Waals surface area contributed by atoms with Crippen molar-refractivity contribution in [3.63, 3.8) is 0 Å². The Bertz CT molecular complexity index is 1730. The summed E-state index contributed by atoms with van der Waals surface area (Å²) in [6.45, 7) is -0.462. The Kier molecular flexibility index (Phi) is 11.6. The number of halogens is 1. The normalized spacial score (nSPS) is 14.2. The van der Waals surface area contributed by atoms with Crippen LogP contribution in [0.5, 0.6) is 5.75 Å². The number of sulfonamides is 1. The molecule has 0 aliphatic heterocycles. The van der Waals surface area contributed by atoms with E-state index in [1.165, 1.54) is 29.2 Å². The quantitative estimate of drug-likeness (QED) is 0.172. The molecule has 1 fully saturated rings. The van der Waals surface area contributed by atoms with Gasteiger partial charge in [0.1, 0.15) is 18.3 Å². The van der Waals surface area contributed by atoms with Crippen molar-refractivity contribution in [3.05, 3.63) is 125 Å².